The van der Waals surface area contributed by atoms with Gasteiger partial charge in [0.05, 0.1) is 0 Å². The second-order valence-corrected chi connectivity index (χ2v) is 6.09. The van der Waals surface area contributed by atoms with Crippen molar-refractivity contribution >= 4 is 5.82 Å². The number of piperidine rings is 1. The maximum atomic E-state index is 4.60. The van der Waals surface area contributed by atoms with Gasteiger partial charge in [0.2, 0.25) is 0 Å². The Kier molecular flexibility index (Phi) is 5.38. The van der Waals surface area contributed by atoms with Crippen LogP contribution in [-0.4, -0.2) is 50.7 Å². The molecule has 2 rings (SSSR count). The third-order valence-corrected chi connectivity index (χ3v) is 4.47. The molecule has 0 amide bonds. The number of rotatable bonds is 5. The Morgan fingerprint density at radius 1 is 1.40 bits per heavy atom. The van der Waals surface area contributed by atoms with E-state index in [4.69, 9.17) is 0 Å². The zero-order chi connectivity index (χ0) is 14.5. The lowest BCUT2D eigenvalue weighted by Gasteiger charge is -2.32. The zero-order valence-corrected chi connectivity index (χ0v) is 13.3. The van der Waals surface area contributed by atoms with Crippen LogP contribution in [0.25, 0.3) is 0 Å². The highest BCUT2D eigenvalue weighted by molar-refractivity contribution is 5.38. The van der Waals surface area contributed by atoms with Crippen LogP contribution in [-0.2, 0) is 0 Å². The molecule has 112 valence electrons. The summed E-state index contributed by atoms with van der Waals surface area (Å²) in [5.41, 5.74) is 1.24. The SMILES string of the molecule is CNC(C)c1ccc(N(C)CC2CCN(C)CC2)nc1. The minimum atomic E-state index is 0.357. The second kappa shape index (κ2) is 7.04. The molecule has 1 N–H and O–H groups in total. The normalized spacial score (nSPS) is 19.0. The molecule has 2 heterocycles. The average molecular weight is 276 g/mol. The molecule has 0 saturated carbocycles. The van der Waals surface area contributed by atoms with E-state index in [9.17, 15) is 0 Å². The molecule has 1 saturated heterocycles. The van der Waals surface area contributed by atoms with Crippen molar-refractivity contribution in [2.24, 2.45) is 5.92 Å². The number of anilines is 1. The van der Waals surface area contributed by atoms with Gasteiger partial charge in [0.25, 0.3) is 0 Å². The van der Waals surface area contributed by atoms with Crippen LogP contribution in [0.1, 0.15) is 31.4 Å². The summed E-state index contributed by atoms with van der Waals surface area (Å²) in [6, 6.07) is 4.67. The molecule has 0 aliphatic carbocycles. The van der Waals surface area contributed by atoms with Crippen molar-refractivity contribution in [3.8, 4) is 0 Å². The minimum absolute atomic E-state index is 0.357. The molecular weight excluding hydrogens is 248 g/mol. The van der Waals surface area contributed by atoms with Crippen LogP contribution in [0, 0.1) is 5.92 Å². The number of nitrogens with zero attached hydrogens (tertiary/aromatic N) is 3. The van der Waals surface area contributed by atoms with Gasteiger partial charge in [-0.15, -0.1) is 0 Å². The molecule has 1 atom stereocenters. The summed E-state index contributed by atoms with van der Waals surface area (Å²) in [6.07, 6.45) is 4.59. The van der Waals surface area contributed by atoms with Gasteiger partial charge in [0, 0.05) is 25.8 Å². The predicted octanol–water partition coefficient (Wildman–Crippen LogP) is 2.14. The lowest BCUT2D eigenvalue weighted by atomic mass is 9.97. The second-order valence-electron chi connectivity index (χ2n) is 6.09. The molecule has 1 fully saturated rings. The number of hydrogen-bond donors (Lipinski definition) is 1. The molecule has 1 aromatic heterocycles. The zero-order valence-electron chi connectivity index (χ0n) is 13.3. The Balaban J connectivity index is 1.90. The largest absolute Gasteiger partial charge is 0.359 e. The van der Waals surface area contributed by atoms with E-state index in [2.05, 4.69) is 53.3 Å². The average Bonchev–Trinajstić information content (AvgIpc) is 2.49. The third-order valence-electron chi connectivity index (χ3n) is 4.47. The van der Waals surface area contributed by atoms with Gasteiger partial charge in [-0.05, 0) is 64.5 Å². The first-order valence-corrected chi connectivity index (χ1v) is 7.63. The Labute approximate surface area is 123 Å². The maximum Gasteiger partial charge on any atom is 0.128 e. The summed E-state index contributed by atoms with van der Waals surface area (Å²) in [5, 5.41) is 3.24. The van der Waals surface area contributed by atoms with E-state index in [0.29, 0.717) is 6.04 Å². The van der Waals surface area contributed by atoms with Gasteiger partial charge >= 0.3 is 0 Å². The lowest BCUT2D eigenvalue weighted by molar-refractivity contribution is 0.222. The molecule has 1 aromatic rings. The first-order chi connectivity index (χ1) is 9.60. The molecule has 0 bridgehead atoms. The predicted molar refractivity (Wildman–Crippen MR) is 85.2 cm³/mol. The van der Waals surface area contributed by atoms with Crippen LogP contribution in [0.2, 0.25) is 0 Å². The summed E-state index contributed by atoms with van der Waals surface area (Å²) >= 11 is 0. The Morgan fingerprint density at radius 2 is 2.10 bits per heavy atom. The van der Waals surface area contributed by atoms with Crippen molar-refractivity contribution in [2.45, 2.75) is 25.8 Å². The number of hydrogen-bond acceptors (Lipinski definition) is 4. The van der Waals surface area contributed by atoms with Crippen LogP contribution in [0.15, 0.2) is 18.3 Å². The van der Waals surface area contributed by atoms with Gasteiger partial charge in [0.1, 0.15) is 5.82 Å². The van der Waals surface area contributed by atoms with Crippen LogP contribution >= 0.6 is 0 Å². The van der Waals surface area contributed by atoms with E-state index in [0.717, 1.165) is 18.3 Å². The van der Waals surface area contributed by atoms with Crippen molar-refractivity contribution in [1.82, 2.24) is 15.2 Å². The quantitative estimate of drug-likeness (QED) is 0.893. The maximum absolute atomic E-state index is 4.60. The smallest absolute Gasteiger partial charge is 0.128 e. The van der Waals surface area contributed by atoms with Crippen molar-refractivity contribution in [3.63, 3.8) is 0 Å². The van der Waals surface area contributed by atoms with Gasteiger partial charge in [-0.1, -0.05) is 6.07 Å². The molecule has 0 radical (unpaired) electrons. The summed E-state index contributed by atoms with van der Waals surface area (Å²) in [7, 11) is 6.34. The topological polar surface area (TPSA) is 31.4 Å². The van der Waals surface area contributed by atoms with Crippen molar-refractivity contribution < 1.29 is 0 Å². The fraction of sp³-hybridized carbons (Fsp3) is 0.688. The molecule has 1 aliphatic rings. The summed E-state index contributed by atoms with van der Waals surface area (Å²) in [5.74, 6) is 1.88. The van der Waals surface area contributed by atoms with Crippen LogP contribution in [0.5, 0.6) is 0 Å². The van der Waals surface area contributed by atoms with Crippen molar-refractivity contribution in [1.29, 1.82) is 0 Å². The van der Waals surface area contributed by atoms with Gasteiger partial charge in [-0.2, -0.15) is 0 Å². The fourth-order valence-electron chi connectivity index (χ4n) is 2.77. The van der Waals surface area contributed by atoms with Gasteiger partial charge < -0.3 is 15.1 Å². The Bertz CT molecular complexity index is 395. The van der Waals surface area contributed by atoms with Crippen LogP contribution < -0.4 is 10.2 Å². The monoisotopic (exact) mass is 276 g/mol. The molecule has 4 nitrogen and oxygen atoms in total. The van der Waals surface area contributed by atoms with Crippen molar-refractivity contribution in [2.75, 3.05) is 45.7 Å². The molecule has 20 heavy (non-hydrogen) atoms. The highest BCUT2D eigenvalue weighted by Crippen LogP contribution is 2.20. The summed E-state index contributed by atoms with van der Waals surface area (Å²) in [6.45, 7) is 5.72. The molecule has 1 aliphatic heterocycles. The molecule has 0 aromatic carbocycles. The minimum Gasteiger partial charge on any atom is -0.359 e. The Hall–Kier alpha value is -1.13. The van der Waals surface area contributed by atoms with E-state index in [1.807, 2.05) is 13.2 Å². The Morgan fingerprint density at radius 3 is 2.65 bits per heavy atom. The van der Waals surface area contributed by atoms with Crippen molar-refractivity contribution in [3.05, 3.63) is 23.9 Å². The third kappa shape index (κ3) is 3.93. The molecule has 0 spiro atoms. The van der Waals surface area contributed by atoms with Crippen LogP contribution in [0.4, 0.5) is 5.82 Å². The van der Waals surface area contributed by atoms with E-state index in [1.54, 1.807) is 0 Å². The molecule has 4 heteroatoms. The molecule has 1 unspecified atom stereocenters. The number of pyridine rings is 1. The van der Waals surface area contributed by atoms with E-state index in [-0.39, 0.29) is 0 Å². The van der Waals surface area contributed by atoms with Gasteiger partial charge in [0.15, 0.2) is 0 Å². The van der Waals surface area contributed by atoms with Crippen LogP contribution in [0.3, 0.4) is 0 Å². The number of aromatic nitrogens is 1. The standard InChI is InChI=1S/C16H28N4/c1-13(17-2)15-5-6-16(18-11-15)20(4)12-14-7-9-19(3)10-8-14/h5-6,11,13-14,17H,7-10,12H2,1-4H3. The van der Waals surface area contributed by atoms with Gasteiger partial charge in [-0.3, -0.25) is 0 Å². The highest BCUT2D eigenvalue weighted by Gasteiger charge is 2.18. The van der Waals surface area contributed by atoms with E-state index < -0.39 is 0 Å². The number of nitrogens with one attached hydrogen (secondary N) is 1. The first-order valence-electron chi connectivity index (χ1n) is 7.63. The lowest BCUT2D eigenvalue weighted by Crippen LogP contribution is -2.36. The summed E-state index contributed by atoms with van der Waals surface area (Å²) < 4.78 is 0. The number of likely N-dealkylation sites (tertiary alicyclic amines) is 1. The van der Waals surface area contributed by atoms with Gasteiger partial charge in [-0.25, -0.2) is 4.98 Å². The fourth-order valence-corrected chi connectivity index (χ4v) is 2.77. The summed E-state index contributed by atoms with van der Waals surface area (Å²) in [4.78, 5) is 9.32. The molecular formula is C16H28N4. The highest BCUT2D eigenvalue weighted by atomic mass is 15.2. The van der Waals surface area contributed by atoms with E-state index in [1.165, 1.54) is 31.5 Å². The van der Waals surface area contributed by atoms with E-state index >= 15 is 0 Å². The first kappa shape index (κ1) is 15.3.